The van der Waals surface area contributed by atoms with E-state index in [0.29, 0.717) is 10.9 Å². The van der Waals surface area contributed by atoms with Crippen LogP contribution in [-0.4, -0.2) is 53.1 Å². The summed E-state index contributed by atoms with van der Waals surface area (Å²) < 4.78 is 2.32. The summed E-state index contributed by atoms with van der Waals surface area (Å²) in [5.41, 5.74) is 2.35. The predicted molar refractivity (Wildman–Crippen MR) is 128 cm³/mol. The van der Waals surface area contributed by atoms with Crippen molar-refractivity contribution >= 4 is 44.1 Å². The summed E-state index contributed by atoms with van der Waals surface area (Å²) in [6.07, 6.45) is 1.70. The average Bonchev–Trinajstić information content (AvgIpc) is 2.79. The maximum absolute atomic E-state index is 12.7. The smallest absolute Gasteiger partial charge is 0.261 e. The fourth-order valence-electron chi connectivity index (χ4n) is 3.89. The molecule has 1 aliphatic rings. The highest BCUT2D eigenvalue weighted by atomic mass is 79.9. The number of benzene rings is 2. The topological polar surface area (TPSA) is 70.5 Å². The summed E-state index contributed by atoms with van der Waals surface area (Å²) in [7, 11) is 0. The monoisotopic (exact) mass is 483 g/mol. The molecule has 1 fully saturated rings. The van der Waals surface area contributed by atoms with E-state index in [4.69, 9.17) is 0 Å². The first kappa shape index (κ1) is 21.5. The second-order valence-corrected chi connectivity index (χ2v) is 8.56. The number of piperazine rings is 1. The van der Waals surface area contributed by atoms with Crippen molar-refractivity contribution in [3.63, 3.8) is 0 Å². The number of carbonyl (C=O) groups excluding carboxylic acids is 1. The molecule has 0 radical (unpaired) electrons. The Balaban J connectivity index is 1.43. The van der Waals surface area contributed by atoms with Crippen molar-refractivity contribution in [1.29, 1.82) is 0 Å². The normalized spacial score (nSPS) is 14.7. The Bertz CT molecular complexity index is 1140. The van der Waals surface area contributed by atoms with Crippen molar-refractivity contribution in [2.75, 3.05) is 42.9 Å². The molecule has 1 aliphatic heterocycles. The number of aryl methyl sites for hydroxylation is 1. The molecule has 7 nitrogen and oxygen atoms in total. The van der Waals surface area contributed by atoms with E-state index in [-0.39, 0.29) is 24.4 Å². The van der Waals surface area contributed by atoms with Crippen molar-refractivity contribution in [1.82, 2.24) is 14.5 Å². The molecule has 8 heteroatoms. The van der Waals surface area contributed by atoms with Crippen molar-refractivity contribution in [2.45, 2.75) is 19.9 Å². The van der Waals surface area contributed by atoms with Crippen LogP contribution in [0.15, 0.2) is 58.1 Å². The molecule has 0 saturated carbocycles. The highest BCUT2D eigenvalue weighted by Gasteiger charge is 2.19. The molecule has 0 unspecified atom stereocenters. The van der Waals surface area contributed by atoms with Gasteiger partial charge in [0.1, 0.15) is 0 Å². The molecule has 3 aromatic rings. The van der Waals surface area contributed by atoms with Crippen LogP contribution in [0.4, 0.5) is 11.4 Å². The number of fused-ring (bicyclic) bond motifs is 1. The van der Waals surface area contributed by atoms with Gasteiger partial charge < -0.3 is 15.1 Å². The third-order valence-corrected chi connectivity index (χ3v) is 6.20. The van der Waals surface area contributed by atoms with Crippen molar-refractivity contribution in [3.05, 3.63) is 63.6 Å². The lowest BCUT2D eigenvalue weighted by atomic mass is 10.2. The highest BCUT2D eigenvalue weighted by Crippen LogP contribution is 2.26. The molecular formula is C23H26BrN5O2. The van der Waals surface area contributed by atoms with E-state index in [0.717, 1.165) is 48.6 Å². The van der Waals surface area contributed by atoms with Crippen LogP contribution in [0.5, 0.6) is 0 Å². The first-order valence-electron chi connectivity index (χ1n) is 10.6. The van der Waals surface area contributed by atoms with Gasteiger partial charge in [-0.25, -0.2) is 4.98 Å². The maximum atomic E-state index is 12.7. The van der Waals surface area contributed by atoms with Gasteiger partial charge in [0.25, 0.3) is 5.56 Å². The van der Waals surface area contributed by atoms with Crippen LogP contribution in [0.25, 0.3) is 10.9 Å². The second-order valence-electron chi connectivity index (χ2n) is 7.64. The van der Waals surface area contributed by atoms with Gasteiger partial charge in [-0.15, -0.1) is 0 Å². The van der Waals surface area contributed by atoms with Gasteiger partial charge in [0.05, 0.1) is 28.6 Å². The number of amides is 1. The molecule has 1 amide bonds. The Labute approximate surface area is 189 Å². The van der Waals surface area contributed by atoms with Gasteiger partial charge >= 0.3 is 0 Å². The molecular weight excluding hydrogens is 458 g/mol. The lowest BCUT2D eigenvalue weighted by molar-refractivity contribution is -0.116. The van der Waals surface area contributed by atoms with Crippen LogP contribution in [-0.2, 0) is 11.3 Å². The third kappa shape index (κ3) is 4.97. The minimum Gasteiger partial charge on any atom is -0.367 e. The predicted octanol–water partition coefficient (Wildman–Crippen LogP) is 3.33. The molecule has 0 atom stereocenters. The van der Waals surface area contributed by atoms with Gasteiger partial charge in [-0.1, -0.05) is 35.0 Å². The first-order valence-corrected chi connectivity index (χ1v) is 11.4. The zero-order valence-electron chi connectivity index (χ0n) is 17.6. The number of halogens is 1. The number of hydrogen-bond acceptors (Lipinski definition) is 5. The molecule has 0 aliphatic carbocycles. The molecule has 4 rings (SSSR count). The van der Waals surface area contributed by atoms with Gasteiger partial charge in [-0.05, 0) is 36.9 Å². The van der Waals surface area contributed by atoms with E-state index in [1.165, 1.54) is 10.9 Å². The van der Waals surface area contributed by atoms with Crippen molar-refractivity contribution < 1.29 is 4.79 Å². The second kappa shape index (κ2) is 9.62. The minimum atomic E-state index is -0.145. The quantitative estimate of drug-likeness (QED) is 0.582. The Morgan fingerprint density at radius 3 is 2.68 bits per heavy atom. The summed E-state index contributed by atoms with van der Waals surface area (Å²) in [4.78, 5) is 34.5. The molecule has 1 saturated heterocycles. The van der Waals surface area contributed by atoms with E-state index < -0.39 is 0 Å². The Morgan fingerprint density at radius 1 is 1.13 bits per heavy atom. The van der Waals surface area contributed by atoms with Crippen molar-refractivity contribution in [3.8, 4) is 0 Å². The largest absolute Gasteiger partial charge is 0.367 e. The van der Waals surface area contributed by atoms with E-state index in [2.05, 4.69) is 43.0 Å². The lowest BCUT2D eigenvalue weighted by Gasteiger charge is -2.36. The molecule has 31 heavy (non-hydrogen) atoms. The average molecular weight is 484 g/mol. The van der Waals surface area contributed by atoms with E-state index in [1.807, 2.05) is 30.3 Å². The highest BCUT2D eigenvalue weighted by molar-refractivity contribution is 9.10. The standard InChI is InChI=1S/C23H26BrN5O2/c1-2-27-11-13-28(14-12-27)21-6-4-3-5-20(21)26-22(30)9-10-29-16-25-19-8-7-17(24)15-18(19)23(29)31/h3-8,15-16H,2,9-14H2,1H3,(H,26,30). The summed E-state index contributed by atoms with van der Waals surface area (Å²) in [5.74, 6) is -0.124. The molecule has 0 bridgehead atoms. The minimum absolute atomic E-state index is 0.124. The van der Waals surface area contributed by atoms with Gasteiger partial charge in [-0.2, -0.15) is 0 Å². The SMILES string of the molecule is CCN1CCN(c2ccccc2NC(=O)CCn2cnc3ccc(Br)cc3c2=O)CC1. The fourth-order valence-corrected chi connectivity index (χ4v) is 4.25. The maximum Gasteiger partial charge on any atom is 0.261 e. The number of likely N-dealkylation sites (N-methyl/N-ethyl adjacent to an activating group) is 1. The summed E-state index contributed by atoms with van der Waals surface area (Å²) in [6.45, 7) is 7.44. The van der Waals surface area contributed by atoms with Gasteiger partial charge in [0, 0.05) is 43.6 Å². The third-order valence-electron chi connectivity index (χ3n) is 5.70. The van der Waals surface area contributed by atoms with E-state index >= 15 is 0 Å². The summed E-state index contributed by atoms with van der Waals surface area (Å²) in [6, 6.07) is 13.3. The Hall–Kier alpha value is -2.71. The molecule has 2 aromatic carbocycles. The molecule has 1 aromatic heterocycles. The number of anilines is 2. The van der Waals surface area contributed by atoms with Crippen LogP contribution in [0.3, 0.4) is 0 Å². The zero-order chi connectivity index (χ0) is 21.8. The Morgan fingerprint density at radius 2 is 1.90 bits per heavy atom. The Kier molecular flexibility index (Phi) is 6.67. The number of carbonyl (C=O) groups is 1. The van der Waals surface area contributed by atoms with Crippen LogP contribution in [0.1, 0.15) is 13.3 Å². The van der Waals surface area contributed by atoms with E-state index in [1.54, 1.807) is 12.1 Å². The summed E-state index contributed by atoms with van der Waals surface area (Å²) >= 11 is 3.39. The van der Waals surface area contributed by atoms with Crippen LogP contribution in [0, 0.1) is 0 Å². The number of rotatable bonds is 6. The number of para-hydroxylation sites is 2. The fraction of sp³-hybridized carbons (Fsp3) is 0.348. The van der Waals surface area contributed by atoms with Crippen LogP contribution < -0.4 is 15.8 Å². The van der Waals surface area contributed by atoms with Crippen molar-refractivity contribution in [2.24, 2.45) is 0 Å². The number of hydrogen-bond donors (Lipinski definition) is 1. The van der Waals surface area contributed by atoms with Crippen LogP contribution >= 0.6 is 15.9 Å². The number of aromatic nitrogens is 2. The van der Waals surface area contributed by atoms with Gasteiger partial charge in [0.2, 0.25) is 5.91 Å². The van der Waals surface area contributed by atoms with E-state index in [9.17, 15) is 9.59 Å². The summed E-state index contributed by atoms with van der Waals surface area (Å²) in [5, 5.41) is 3.57. The van der Waals surface area contributed by atoms with Crippen LogP contribution in [0.2, 0.25) is 0 Å². The molecule has 2 heterocycles. The van der Waals surface area contributed by atoms with Gasteiger partial charge in [-0.3, -0.25) is 14.2 Å². The number of nitrogens with zero attached hydrogens (tertiary/aromatic N) is 4. The molecule has 162 valence electrons. The first-order chi connectivity index (χ1) is 15.0. The van der Waals surface area contributed by atoms with Gasteiger partial charge in [0.15, 0.2) is 0 Å². The number of nitrogens with one attached hydrogen (secondary N) is 1. The zero-order valence-corrected chi connectivity index (χ0v) is 19.1. The molecule has 0 spiro atoms. The molecule has 1 N–H and O–H groups in total. The lowest BCUT2D eigenvalue weighted by Crippen LogP contribution is -2.46.